The average Bonchev–Trinajstić information content (AvgIpc) is 2.67. The molecule has 3 N–H and O–H groups in total. The molecule has 2 heterocycles. The quantitative estimate of drug-likeness (QED) is 0.621. The predicted octanol–water partition coefficient (Wildman–Crippen LogP) is 3.35. The van der Waals surface area contributed by atoms with Crippen molar-refractivity contribution < 1.29 is 14.7 Å². The number of carboxylic acid groups (broad SMARTS) is 1. The van der Waals surface area contributed by atoms with Gasteiger partial charge in [0.25, 0.3) is 5.91 Å². The molecule has 2 aromatic heterocycles. The van der Waals surface area contributed by atoms with E-state index in [-0.39, 0.29) is 11.5 Å². The Kier molecular flexibility index (Phi) is 5.41. The first-order chi connectivity index (χ1) is 13.0. The van der Waals surface area contributed by atoms with Crippen LogP contribution in [0.3, 0.4) is 0 Å². The summed E-state index contributed by atoms with van der Waals surface area (Å²) in [5.74, 6) is -0.867. The number of rotatable bonds is 6. The van der Waals surface area contributed by atoms with Gasteiger partial charge in [0.05, 0.1) is 11.1 Å². The number of hydrogen-bond acceptors (Lipinski definition) is 5. The van der Waals surface area contributed by atoms with Crippen LogP contribution in [0.2, 0.25) is 0 Å². The number of aromatic nitrogens is 2. The van der Waals surface area contributed by atoms with E-state index in [2.05, 4.69) is 20.6 Å². The van der Waals surface area contributed by atoms with Gasteiger partial charge < -0.3 is 15.7 Å². The van der Waals surface area contributed by atoms with Crippen LogP contribution in [0.4, 0.5) is 11.5 Å². The Morgan fingerprint density at radius 2 is 1.81 bits per heavy atom. The molecule has 0 saturated heterocycles. The van der Waals surface area contributed by atoms with Crippen LogP contribution in [0.15, 0.2) is 61.1 Å². The monoisotopic (exact) mass is 362 g/mol. The second kappa shape index (κ2) is 8.09. The standard InChI is InChI=1S/C20H18N4O3/c1-13-11-15(4-5-16(13)20(26)27)24-19(25)17-3-2-8-22-18(17)23-12-14-6-9-21-10-7-14/h2-11H,12H2,1H3,(H,22,23)(H,24,25)(H,26,27). The number of carbonyl (C=O) groups is 2. The fourth-order valence-corrected chi connectivity index (χ4v) is 2.60. The fraction of sp³-hybridized carbons (Fsp3) is 0.100. The molecule has 7 heteroatoms. The lowest BCUT2D eigenvalue weighted by Crippen LogP contribution is -2.16. The molecule has 3 aromatic rings. The molecule has 7 nitrogen and oxygen atoms in total. The SMILES string of the molecule is Cc1cc(NC(=O)c2cccnc2NCc2ccncc2)ccc1C(=O)O. The van der Waals surface area contributed by atoms with E-state index in [1.807, 2.05) is 12.1 Å². The van der Waals surface area contributed by atoms with Crippen LogP contribution in [-0.4, -0.2) is 27.0 Å². The summed E-state index contributed by atoms with van der Waals surface area (Å²) in [7, 11) is 0. The first-order valence-electron chi connectivity index (χ1n) is 8.27. The number of aryl methyl sites for hydroxylation is 1. The topological polar surface area (TPSA) is 104 Å². The Labute approximate surface area is 156 Å². The molecular weight excluding hydrogens is 344 g/mol. The normalized spacial score (nSPS) is 10.3. The minimum Gasteiger partial charge on any atom is -0.478 e. The van der Waals surface area contributed by atoms with E-state index in [4.69, 9.17) is 5.11 Å². The fourth-order valence-electron chi connectivity index (χ4n) is 2.60. The highest BCUT2D eigenvalue weighted by molar-refractivity contribution is 6.07. The van der Waals surface area contributed by atoms with Gasteiger partial charge >= 0.3 is 5.97 Å². The largest absolute Gasteiger partial charge is 0.478 e. The summed E-state index contributed by atoms with van der Waals surface area (Å²) in [5.41, 5.74) is 2.71. The predicted molar refractivity (Wildman–Crippen MR) is 102 cm³/mol. The van der Waals surface area contributed by atoms with Gasteiger partial charge in [0, 0.05) is 30.8 Å². The number of carboxylic acids is 1. The Morgan fingerprint density at radius 3 is 2.52 bits per heavy atom. The highest BCUT2D eigenvalue weighted by Crippen LogP contribution is 2.19. The van der Waals surface area contributed by atoms with Gasteiger partial charge in [0.15, 0.2) is 0 Å². The van der Waals surface area contributed by atoms with Gasteiger partial charge in [-0.15, -0.1) is 0 Å². The molecule has 0 unspecified atom stereocenters. The summed E-state index contributed by atoms with van der Waals surface area (Å²) in [6.45, 7) is 2.19. The van der Waals surface area contributed by atoms with Crippen LogP contribution in [0.5, 0.6) is 0 Å². The molecule has 0 atom stereocenters. The van der Waals surface area contributed by atoms with Gasteiger partial charge in [0.2, 0.25) is 0 Å². The first-order valence-corrected chi connectivity index (χ1v) is 8.27. The molecule has 136 valence electrons. The van der Waals surface area contributed by atoms with Crippen molar-refractivity contribution in [2.24, 2.45) is 0 Å². The summed E-state index contributed by atoms with van der Waals surface area (Å²) < 4.78 is 0. The van der Waals surface area contributed by atoms with Crippen molar-refractivity contribution in [2.75, 3.05) is 10.6 Å². The molecule has 1 amide bonds. The summed E-state index contributed by atoms with van der Waals surface area (Å²) in [6.07, 6.45) is 5.01. The van der Waals surface area contributed by atoms with Crippen molar-refractivity contribution in [3.8, 4) is 0 Å². The van der Waals surface area contributed by atoms with Crippen LogP contribution in [0, 0.1) is 6.92 Å². The molecule has 0 bridgehead atoms. The summed E-state index contributed by atoms with van der Waals surface area (Å²) in [4.78, 5) is 32.0. The smallest absolute Gasteiger partial charge is 0.335 e. The second-order valence-electron chi connectivity index (χ2n) is 5.90. The Bertz CT molecular complexity index is 974. The van der Waals surface area contributed by atoms with E-state index in [0.717, 1.165) is 5.56 Å². The van der Waals surface area contributed by atoms with Crippen LogP contribution in [0.25, 0.3) is 0 Å². The zero-order chi connectivity index (χ0) is 19.2. The van der Waals surface area contributed by atoms with Crippen LogP contribution >= 0.6 is 0 Å². The minimum atomic E-state index is -1.000. The van der Waals surface area contributed by atoms with Crippen LogP contribution in [0.1, 0.15) is 31.8 Å². The maximum absolute atomic E-state index is 12.7. The van der Waals surface area contributed by atoms with Crippen molar-refractivity contribution in [1.29, 1.82) is 0 Å². The van der Waals surface area contributed by atoms with Gasteiger partial charge in [-0.1, -0.05) is 0 Å². The van der Waals surface area contributed by atoms with Gasteiger partial charge in [0.1, 0.15) is 5.82 Å². The zero-order valence-electron chi connectivity index (χ0n) is 14.6. The van der Waals surface area contributed by atoms with Crippen molar-refractivity contribution in [2.45, 2.75) is 13.5 Å². The van der Waals surface area contributed by atoms with Gasteiger partial charge in [-0.2, -0.15) is 0 Å². The molecular formula is C20H18N4O3. The average molecular weight is 362 g/mol. The van der Waals surface area contributed by atoms with Crippen LogP contribution < -0.4 is 10.6 Å². The molecule has 0 aliphatic rings. The van der Waals surface area contributed by atoms with E-state index in [9.17, 15) is 9.59 Å². The lowest BCUT2D eigenvalue weighted by atomic mass is 10.1. The third-order valence-electron chi connectivity index (χ3n) is 3.98. The third-order valence-corrected chi connectivity index (χ3v) is 3.98. The highest BCUT2D eigenvalue weighted by Gasteiger charge is 2.14. The van der Waals surface area contributed by atoms with Gasteiger partial charge in [-0.05, 0) is 60.5 Å². The maximum Gasteiger partial charge on any atom is 0.335 e. The van der Waals surface area contributed by atoms with Crippen molar-refractivity contribution in [3.05, 3.63) is 83.3 Å². The van der Waals surface area contributed by atoms with E-state index in [1.54, 1.807) is 49.8 Å². The summed E-state index contributed by atoms with van der Waals surface area (Å²) >= 11 is 0. The summed E-state index contributed by atoms with van der Waals surface area (Å²) in [6, 6.07) is 11.8. The molecule has 0 saturated carbocycles. The molecule has 3 rings (SSSR count). The number of amides is 1. The number of benzene rings is 1. The Balaban J connectivity index is 1.75. The number of pyridine rings is 2. The molecule has 27 heavy (non-hydrogen) atoms. The number of aromatic carboxylic acids is 1. The van der Waals surface area contributed by atoms with Crippen molar-refractivity contribution in [1.82, 2.24) is 9.97 Å². The third kappa shape index (κ3) is 4.46. The Morgan fingerprint density at radius 1 is 1.04 bits per heavy atom. The number of nitrogens with one attached hydrogen (secondary N) is 2. The molecule has 0 aliphatic heterocycles. The number of hydrogen-bond donors (Lipinski definition) is 3. The van der Waals surface area contributed by atoms with E-state index >= 15 is 0 Å². The van der Waals surface area contributed by atoms with Gasteiger partial charge in [-0.25, -0.2) is 9.78 Å². The second-order valence-corrected chi connectivity index (χ2v) is 5.90. The molecule has 1 aromatic carbocycles. The Hall–Kier alpha value is -3.74. The van der Waals surface area contributed by atoms with E-state index in [0.29, 0.717) is 29.2 Å². The molecule has 0 spiro atoms. The maximum atomic E-state index is 12.7. The van der Waals surface area contributed by atoms with E-state index in [1.165, 1.54) is 6.07 Å². The lowest BCUT2D eigenvalue weighted by molar-refractivity contribution is 0.0696. The molecule has 0 radical (unpaired) electrons. The highest BCUT2D eigenvalue weighted by atomic mass is 16.4. The zero-order valence-corrected chi connectivity index (χ0v) is 14.6. The van der Waals surface area contributed by atoms with Crippen molar-refractivity contribution >= 4 is 23.4 Å². The lowest BCUT2D eigenvalue weighted by Gasteiger charge is -2.12. The van der Waals surface area contributed by atoms with E-state index < -0.39 is 5.97 Å². The minimum absolute atomic E-state index is 0.203. The van der Waals surface area contributed by atoms with Gasteiger partial charge in [-0.3, -0.25) is 9.78 Å². The summed E-state index contributed by atoms with van der Waals surface area (Å²) in [5, 5.41) is 15.0. The number of nitrogens with zero attached hydrogens (tertiary/aromatic N) is 2. The first kappa shape index (κ1) is 18.1. The number of carbonyl (C=O) groups excluding carboxylic acids is 1. The number of anilines is 2. The van der Waals surface area contributed by atoms with Crippen LogP contribution in [-0.2, 0) is 6.54 Å². The van der Waals surface area contributed by atoms with Crippen molar-refractivity contribution in [3.63, 3.8) is 0 Å². The molecule has 0 aliphatic carbocycles. The molecule has 0 fully saturated rings.